The molecule has 2 aliphatic heterocycles. The highest BCUT2D eigenvalue weighted by Crippen LogP contribution is 2.23. The van der Waals surface area contributed by atoms with Gasteiger partial charge in [-0.1, -0.05) is 0 Å². The average molecular weight is 375 g/mol. The van der Waals surface area contributed by atoms with E-state index in [4.69, 9.17) is 5.73 Å². The summed E-state index contributed by atoms with van der Waals surface area (Å²) < 4.78 is 1.85. The highest BCUT2D eigenvalue weighted by Gasteiger charge is 2.28. The minimum absolute atomic E-state index is 0.0525. The summed E-state index contributed by atoms with van der Waals surface area (Å²) in [6.07, 6.45) is 3.78. The van der Waals surface area contributed by atoms with Gasteiger partial charge in [-0.15, -0.1) is 0 Å². The van der Waals surface area contributed by atoms with E-state index in [1.807, 2.05) is 34.2 Å². The number of aryl methyl sites for hydroxylation is 1. The van der Waals surface area contributed by atoms with Crippen molar-refractivity contribution in [2.75, 3.05) is 43.4 Å². The number of nitrogens with zero attached hydrogens (tertiary/aromatic N) is 5. The zero-order chi connectivity index (χ0) is 18.1. The molecule has 7 nitrogen and oxygen atoms in total. The van der Waals surface area contributed by atoms with E-state index in [1.54, 1.807) is 6.20 Å². The van der Waals surface area contributed by atoms with Gasteiger partial charge in [-0.25, -0.2) is 9.97 Å². The highest BCUT2D eigenvalue weighted by atomic mass is 32.2. The Bertz CT molecular complexity index is 792. The van der Waals surface area contributed by atoms with Gasteiger partial charge in [0.1, 0.15) is 5.52 Å². The molecule has 2 saturated heterocycles. The van der Waals surface area contributed by atoms with Crippen LogP contribution in [-0.4, -0.2) is 74.0 Å². The summed E-state index contributed by atoms with van der Waals surface area (Å²) in [7, 11) is 0. The van der Waals surface area contributed by atoms with Gasteiger partial charge < -0.3 is 10.6 Å². The molecule has 0 aliphatic carbocycles. The Morgan fingerprint density at radius 2 is 2.00 bits per heavy atom. The van der Waals surface area contributed by atoms with Crippen molar-refractivity contribution in [3.8, 4) is 0 Å². The van der Waals surface area contributed by atoms with Gasteiger partial charge in [0.25, 0.3) is 5.91 Å². The Labute approximate surface area is 157 Å². The van der Waals surface area contributed by atoms with E-state index in [0.29, 0.717) is 29.6 Å². The molecule has 0 atom stereocenters. The summed E-state index contributed by atoms with van der Waals surface area (Å²) in [5.74, 6) is 2.97. The number of amides is 1. The number of rotatable bonds is 3. The number of anilines is 1. The molecule has 4 rings (SSSR count). The molecular formula is C18H26N6OS. The van der Waals surface area contributed by atoms with Crippen LogP contribution in [0, 0.1) is 0 Å². The van der Waals surface area contributed by atoms with Gasteiger partial charge in [0.05, 0.1) is 5.56 Å². The maximum Gasteiger partial charge on any atom is 0.255 e. The van der Waals surface area contributed by atoms with E-state index in [9.17, 15) is 4.79 Å². The third-order valence-corrected chi connectivity index (χ3v) is 6.43. The molecule has 4 heterocycles. The Kier molecular flexibility index (Phi) is 5.04. The number of fused-ring (bicyclic) bond motifs is 1. The molecule has 1 amide bonds. The predicted molar refractivity (Wildman–Crippen MR) is 105 cm³/mol. The molecular weight excluding hydrogens is 348 g/mol. The van der Waals surface area contributed by atoms with Crippen molar-refractivity contribution in [2.24, 2.45) is 0 Å². The van der Waals surface area contributed by atoms with Crippen molar-refractivity contribution in [3.63, 3.8) is 0 Å². The fraction of sp³-hybridized carbons (Fsp3) is 0.611. The lowest BCUT2D eigenvalue weighted by molar-refractivity contribution is 0.0630. The van der Waals surface area contributed by atoms with Crippen molar-refractivity contribution < 1.29 is 4.79 Å². The van der Waals surface area contributed by atoms with E-state index in [0.717, 1.165) is 31.6 Å². The maximum atomic E-state index is 12.9. The van der Waals surface area contributed by atoms with Crippen LogP contribution in [0.4, 0.5) is 5.95 Å². The van der Waals surface area contributed by atoms with Gasteiger partial charge in [0, 0.05) is 56.5 Å². The van der Waals surface area contributed by atoms with Gasteiger partial charge in [0.2, 0.25) is 5.95 Å². The summed E-state index contributed by atoms with van der Waals surface area (Å²) in [5.41, 5.74) is 7.96. The lowest BCUT2D eigenvalue weighted by Crippen LogP contribution is -2.49. The molecule has 0 saturated carbocycles. The molecule has 8 heteroatoms. The molecule has 140 valence electrons. The van der Waals surface area contributed by atoms with Crippen molar-refractivity contribution in [2.45, 2.75) is 32.4 Å². The van der Waals surface area contributed by atoms with Crippen molar-refractivity contribution in [1.29, 1.82) is 0 Å². The van der Waals surface area contributed by atoms with Gasteiger partial charge in [0.15, 0.2) is 5.65 Å². The Balaban J connectivity index is 1.44. The standard InChI is InChI=1S/C18H26N6OS/c1-2-24-16-15(21-18(24)19)11-13(12-20-16)17(25)23-5-3-14(4-6-23)22-7-9-26-10-8-22/h11-12,14H,2-10H2,1H3,(H2,19,21). The van der Waals surface area contributed by atoms with E-state index in [2.05, 4.69) is 14.9 Å². The number of hydrogen-bond acceptors (Lipinski definition) is 6. The van der Waals surface area contributed by atoms with E-state index >= 15 is 0 Å². The number of carbonyl (C=O) groups is 1. The molecule has 0 spiro atoms. The normalized spacial score (nSPS) is 20.0. The van der Waals surface area contributed by atoms with Crippen LogP contribution >= 0.6 is 11.8 Å². The van der Waals surface area contributed by atoms with Gasteiger partial charge in [-0.3, -0.25) is 14.3 Å². The van der Waals surface area contributed by atoms with Crippen LogP contribution in [0.5, 0.6) is 0 Å². The molecule has 0 radical (unpaired) electrons. The molecule has 2 aliphatic rings. The topological polar surface area (TPSA) is 80.3 Å². The largest absolute Gasteiger partial charge is 0.369 e. The second-order valence-corrected chi connectivity index (χ2v) is 8.18. The number of piperidine rings is 1. The summed E-state index contributed by atoms with van der Waals surface area (Å²) in [6, 6.07) is 2.45. The SMILES string of the molecule is CCn1c(N)nc2cc(C(=O)N3CCC(N4CCSCC4)CC3)cnc21. The Morgan fingerprint density at radius 1 is 1.27 bits per heavy atom. The summed E-state index contributed by atoms with van der Waals surface area (Å²) >= 11 is 2.04. The first-order chi connectivity index (χ1) is 12.7. The summed E-state index contributed by atoms with van der Waals surface area (Å²) in [5, 5.41) is 0. The molecule has 2 N–H and O–H groups in total. The van der Waals surface area contributed by atoms with Gasteiger partial charge >= 0.3 is 0 Å². The predicted octanol–water partition coefficient (Wildman–Crippen LogP) is 1.69. The van der Waals surface area contributed by atoms with Crippen molar-refractivity contribution in [3.05, 3.63) is 17.8 Å². The Hall–Kier alpha value is -1.80. The second-order valence-electron chi connectivity index (χ2n) is 6.95. The number of nitrogens with two attached hydrogens (primary N) is 1. The van der Waals surface area contributed by atoms with Crippen LogP contribution in [0.3, 0.4) is 0 Å². The molecule has 2 fully saturated rings. The number of nitrogen functional groups attached to an aromatic ring is 1. The zero-order valence-corrected chi connectivity index (χ0v) is 16.0. The molecule has 0 bridgehead atoms. The second kappa shape index (κ2) is 7.44. The molecule has 0 aromatic carbocycles. The van der Waals surface area contributed by atoms with Crippen LogP contribution in [0.2, 0.25) is 0 Å². The monoisotopic (exact) mass is 374 g/mol. The maximum absolute atomic E-state index is 12.9. The number of pyridine rings is 1. The smallest absolute Gasteiger partial charge is 0.255 e. The summed E-state index contributed by atoms with van der Waals surface area (Å²) in [6.45, 7) is 6.72. The fourth-order valence-electron chi connectivity index (χ4n) is 4.02. The number of carbonyl (C=O) groups excluding carboxylic acids is 1. The minimum Gasteiger partial charge on any atom is -0.369 e. The third-order valence-electron chi connectivity index (χ3n) is 5.49. The highest BCUT2D eigenvalue weighted by molar-refractivity contribution is 7.99. The molecule has 26 heavy (non-hydrogen) atoms. The first-order valence-electron chi connectivity index (χ1n) is 9.40. The van der Waals surface area contributed by atoms with Crippen molar-refractivity contribution >= 4 is 34.8 Å². The molecule has 2 aromatic rings. The first-order valence-corrected chi connectivity index (χ1v) is 10.6. The van der Waals surface area contributed by atoms with E-state index in [1.165, 1.54) is 24.6 Å². The van der Waals surface area contributed by atoms with Gasteiger partial charge in [-0.2, -0.15) is 11.8 Å². The number of aromatic nitrogens is 3. The van der Waals surface area contributed by atoms with E-state index < -0.39 is 0 Å². The lowest BCUT2D eigenvalue weighted by atomic mass is 10.0. The number of likely N-dealkylation sites (tertiary alicyclic amines) is 1. The number of hydrogen-bond donors (Lipinski definition) is 1. The third kappa shape index (κ3) is 3.27. The van der Waals surface area contributed by atoms with Crippen LogP contribution in [0.15, 0.2) is 12.3 Å². The average Bonchev–Trinajstić information content (AvgIpc) is 3.02. The number of imidazole rings is 1. The number of thioether (sulfide) groups is 1. The van der Waals surface area contributed by atoms with Crippen LogP contribution in [0.1, 0.15) is 30.1 Å². The fourth-order valence-corrected chi connectivity index (χ4v) is 4.95. The van der Waals surface area contributed by atoms with E-state index in [-0.39, 0.29) is 5.91 Å². The van der Waals surface area contributed by atoms with Crippen molar-refractivity contribution in [1.82, 2.24) is 24.3 Å². The zero-order valence-electron chi connectivity index (χ0n) is 15.2. The van der Waals surface area contributed by atoms with Crippen LogP contribution in [-0.2, 0) is 6.54 Å². The molecule has 0 unspecified atom stereocenters. The first kappa shape index (κ1) is 17.6. The minimum atomic E-state index is 0.0525. The van der Waals surface area contributed by atoms with Crippen LogP contribution in [0.25, 0.3) is 11.2 Å². The quantitative estimate of drug-likeness (QED) is 0.881. The van der Waals surface area contributed by atoms with Crippen LogP contribution < -0.4 is 5.73 Å². The molecule has 2 aromatic heterocycles. The van der Waals surface area contributed by atoms with Gasteiger partial charge in [-0.05, 0) is 25.8 Å². The summed E-state index contributed by atoms with van der Waals surface area (Å²) in [4.78, 5) is 26.2. The Morgan fingerprint density at radius 3 is 2.69 bits per heavy atom. The lowest BCUT2D eigenvalue weighted by Gasteiger charge is -2.40.